The van der Waals surface area contributed by atoms with E-state index in [1.165, 1.54) is 18.2 Å². The molecule has 2 aromatic rings. The summed E-state index contributed by atoms with van der Waals surface area (Å²) in [5.74, 6) is -0.888. The van der Waals surface area contributed by atoms with Crippen LogP contribution in [0.3, 0.4) is 0 Å². The Balaban J connectivity index is 1.82. The van der Waals surface area contributed by atoms with Gasteiger partial charge in [-0.3, -0.25) is 15.6 Å². The number of hydrazine groups is 1. The molecule has 5 nitrogen and oxygen atoms in total. The molecule has 0 saturated carbocycles. The molecule has 2 aromatic carbocycles. The molecular formula is C20H23F2N3O2. The van der Waals surface area contributed by atoms with E-state index in [9.17, 15) is 13.6 Å². The first-order valence-corrected chi connectivity index (χ1v) is 8.93. The fourth-order valence-corrected chi connectivity index (χ4v) is 3.34. The summed E-state index contributed by atoms with van der Waals surface area (Å²) in [6.45, 7) is 3.30. The summed E-state index contributed by atoms with van der Waals surface area (Å²) in [6, 6.07) is 8.15. The van der Waals surface area contributed by atoms with E-state index in [1.54, 1.807) is 26.2 Å². The molecular weight excluding hydrogens is 352 g/mol. The third-order valence-electron chi connectivity index (χ3n) is 4.82. The van der Waals surface area contributed by atoms with Crippen LogP contribution in [0, 0.1) is 11.6 Å². The van der Waals surface area contributed by atoms with Gasteiger partial charge in [-0.25, -0.2) is 8.78 Å². The van der Waals surface area contributed by atoms with Crippen molar-refractivity contribution >= 4 is 5.91 Å². The van der Waals surface area contributed by atoms with Crippen LogP contribution in [0.2, 0.25) is 0 Å². The summed E-state index contributed by atoms with van der Waals surface area (Å²) in [7, 11) is 1.56. The highest BCUT2D eigenvalue weighted by Crippen LogP contribution is 2.29. The van der Waals surface area contributed by atoms with Crippen molar-refractivity contribution in [1.29, 1.82) is 0 Å². The van der Waals surface area contributed by atoms with Gasteiger partial charge in [-0.2, -0.15) is 0 Å². The molecule has 1 aliphatic heterocycles. The molecule has 0 aliphatic carbocycles. The minimum absolute atomic E-state index is 0.125. The molecule has 144 valence electrons. The Bertz CT molecular complexity index is 803. The molecule has 1 heterocycles. The van der Waals surface area contributed by atoms with Crippen LogP contribution in [0.15, 0.2) is 36.4 Å². The maximum absolute atomic E-state index is 14.1. The van der Waals surface area contributed by atoms with Crippen LogP contribution in [0.1, 0.15) is 46.8 Å². The first kappa shape index (κ1) is 19.3. The maximum Gasteiger partial charge on any atom is 0.251 e. The molecule has 0 unspecified atom stereocenters. The highest BCUT2D eigenvalue weighted by molar-refractivity contribution is 5.95. The Morgan fingerprint density at radius 3 is 2.48 bits per heavy atom. The zero-order valence-corrected chi connectivity index (χ0v) is 15.3. The van der Waals surface area contributed by atoms with Crippen molar-refractivity contribution in [2.24, 2.45) is 0 Å². The van der Waals surface area contributed by atoms with Gasteiger partial charge in [0.15, 0.2) is 0 Å². The molecule has 1 amide bonds. The predicted octanol–water partition coefficient (Wildman–Crippen LogP) is 3.05. The fourth-order valence-electron chi connectivity index (χ4n) is 3.34. The van der Waals surface area contributed by atoms with E-state index in [1.807, 2.05) is 6.07 Å². The van der Waals surface area contributed by atoms with Gasteiger partial charge in [0.05, 0.1) is 13.2 Å². The molecule has 1 fully saturated rings. The number of rotatable bonds is 6. The largest absolute Gasteiger partial charge is 0.496 e. The van der Waals surface area contributed by atoms with E-state index in [0.29, 0.717) is 17.7 Å². The minimum Gasteiger partial charge on any atom is -0.496 e. The Morgan fingerprint density at radius 1 is 1.22 bits per heavy atom. The number of hydrogen-bond donors (Lipinski definition) is 3. The molecule has 3 rings (SSSR count). The molecule has 0 spiro atoms. The summed E-state index contributed by atoms with van der Waals surface area (Å²) in [5.41, 5.74) is 7.39. The zero-order valence-electron chi connectivity index (χ0n) is 15.3. The topological polar surface area (TPSA) is 62.4 Å². The van der Waals surface area contributed by atoms with Crippen LogP contribution in [0.4, 0.5) is 8.78 Å². The predicted molar refractivity (Wildman–Crippen MR) is 98.6 cm³/mol. The average Bonchev–Trinajstić information content (AvgIpc) is 3.20. The number of halogens is 2. The van der Waals surface area contributed by atoms with Gasteiger partial charge in [-0.15, -0.1) is 0 Å². The standard InChI is InChI=1S/C20H23F2N3O2/c1-3-17(19-15(21)5-4-6-16(19)22)25-20(26)12-7-8-14(18(9-12)27-2)13-10-23-24-11-13/h4-9,13,17,23-24H,3,10-11H2,1-2H3,(H,25,26)/t17-/m1/s1. The molecule has 7 heteroatoms. The summed E-state index contributed by atoms with van der Waals surface area (Å²) in [4.78, 5) is 12.7. The fraction of sp³-hybridized carbons (Fsp3) is 0.350. The van der Waals surface area contributed by atoms with Crippen LogP contribution in [0.25, 0.3) is 0 Å². The van der Waals surface area contributed by atoms with Crippen LogP contribution in [-0.4, -0.2) is 26.1 Å². The second-order valence-corrected chi connectivity index (χ2v) is 6.49. The zero-order chi connectivity index (χ0) is 19.4. The van der Waals surface area contributed by atoms with E-state index in [2.05, 4.69) is 16.2 Å². The van der Waals surface area contributed by atoms with Gasteiger partial charge in [0.2, 0.25) is 0 Å². The summed E-state index contributed by atoms with van der Waals surface area (Å²) < 4.78 is 33.6. The minimum atomic E-state index is -0.757. The average molecular weight is 375 g/mol. The Kier molecular flexibility index (Phi) is 6.03. The molecule has 0 aromatic heterocycles. The third-order valence-corrected chi connectivity index (χ3v) is 4.82. The number of carbonyl (C=O) groups is 1. The van der Waals surface area contributed by atoms with E-state index < -0.39 is 23.6 Å². The number of amides is 1. The summed E-state index contributed by atoms with van der Waals surface area (Å²) >= 11 is 0. The number of hydrogen-bond acceptors (Lipinski definition) is 4. The molecule has 1 saturated heterocycles. The highest BCUT2D eigenvalue weighted by Gasteiger charge is 2.24. The van der Waals surface area contributed by atoms with Crippen molar-refractivity contribution in [1.82, 2.24) is 16.2 Å². The van der Waals surface area contributed by atoms with Gasteiger partial charge in [0.1, 0.15) is 17.4 Å². The maximum atomic E-state index is 14.1. The van der Waals surface area contributed by atoms with Gasteiger partial charge in [-0.05, 0) is 36.2 Å². The number of carbonyl (C=O) groups excluding carboxylic acids is 1. The lowest BCUT2D eigenvalue weighted by Crippen LogP contribution is -2.29. The van der Waals surface area contributed by atoms with Gasteiger partial charge in [0, 0.05) is 30.1 Å². The lowest BCUT2D eigenvalue weighted by molar-refractivity contribution is 0.0934. The van der Waals surface area contributed by atoms with Crippen molar-refractivity contribution in [3.8, 4) is 5.75 Å². The Morgan fingerprint density at radius 2 is 1.89 bits per heavy atom. The number of benzene rings is 2. The van der Waals surface area contributed by atoms with Crippen molar-refractivity contribution in [3.63, 3.8) is 0 Å². The van der Waals surface area contributed by atoms with Gasteiger partial charge < -0.3 is 10.1 Å². The normalized spacial score (nSPS) is 15.6. The first-order valence-electron chi connectivity index (χ1n) is 8.93. The van der Waals surface area contributed by atoms with Crippen molar-refractivity contribution < 1.29 is 18.3 Å². The first-order chi connectivity index (χ1) is 13.0. The number of methoxy groups -OCH3 is 1. The van der Waals surface area contributed by atoms with E-state index in [-0.39, 0.29) is 11.5 Å². The van der Waals surface area contributed by atoms with Crippen LogP contribution in [0.5, 0.6) is 5.75 Å². The quantitative estimate of drug-likeness (QED) is 0.726. The Hall–Kier alpha value is -2.51. The molecule has 3 N–H and O–H groups in total. The molecule has 0 radical (unpaired) electrons. The number of nitrogens with one attached hydrogen (secondary N) is 3. The molecule has 0 bridgehead atoms. The lowest BCUT2D eigenvalue weighted by Gasteiger charge is -2.20. The third kappa shape index (κ3) is 4.09. The molecule has 1 aliphatic rings. The van der Waals surface area contributed by atoms with Crippen molar-refractivity contribution in [3.05, 3.63) is 64.7 Å². The van der Waals surface area contributed by atoms with E-state index in [0.717, 1.165) is 18.7 Å². The van der Waals surface area contributed by atoms with E-state index in [4.69, 9.17) is 4.74 Å². The van der Waals surface area contributed by atoms with Gasteiger partial charge >= 0.3 is 0 Å². The lowest BCUT2D eigenvalue weighted by atomic mass is 9.97. The van der Waals surface area contributed by atoms with Gasteiger partial charge in [-0.1, -0.05) is 19.1 Å². The summed E-state index contributed by atoms with van der Waals surface area (Å²) in [5, 5.41) is 2.72. The van der Waals surface area contributed by atoms with Crippen LogP contribution >= 0.6 is 0 Å². The van der Waals surface area contributed by atoms with Crippen molar-refractivity contribution in [2.45, 2.75) is 25.3 Å². The van der Waals surface area contributed by atoms with E-state index >= 15 is 0 Å². The molecule has 1 atom stereocenters. The summed E-state index contributed by atoms with van der Waals surface area (Å²) in [6.07, 6.45) is 0.359. The van der Waals surface area contributed by atoms with Gasteiger partial charge in [0.25, 0.3) is 5.91 Å². The number of ether oxygens (including phenoxy) is 1. The van der Waals surface area contributed by atoms with Crippen LogP contribution in [-0.2, 0) is 0 Å². The Labute approximate surface area is 157 Å². The molecule has 27 heavy (non-hydrogen) atoms. The van der Waals surface area contributed by atoms with Crippen molar-refractivity contribution in [2.75, 3.05) is 20.2 Å². The SMILES string of the molecule is CC[C@@H](NC(=O)c1ccc(C2CNNC2)c(OC)c1)c1c(F)cccc1F. The second kappa shape index (κ2) is 8.45. The van der Waals surface area contributed by atoms with Crippen LogP contribution < -0.4 is 20.9 Å². The second-order valence-electron chi connectivity index (χ2n) is 6.49. The highest BCUT2D eigenvalue weighted by atomic mass is 19.1. The monoisotopic (exact) mass is 375 g/mol. The smallest absolute Gasteiger partial charge is 0.251 e.